The van der Waals surface area contributed by atoms with Crippen LogP contribution in [-0.4, -0.2) is 36.1 Å². The van der Waals surface area contributed by atoms with Crippen LogP contribution < -0.4 is 5.32 Å². The lowest BCUT2D eigenvalue weighted by Crippen LogP contribution is -2.42. The molecule has 0 radical (unpaired) electrons. The van der Waals surface area contributed by atoms with Gasteiger partial charge < -0.3 is 5.32 Å². The minimum absolute atomic E-state index is 0.0720. The van der Waals surface area contributed by atoms with Crippen molar-refractivity contribution < 1.29 is 18.1 Å². The van der Waals surface area contributed by atoms with E-state index in [1.54, 1.807) is 26.0 Å². The van der Waals surface area contributed by atoms with Crippen LogP contribution in [0.4, 0.5) is 11.4 Å². The Balaban J connectivity index is 1.93. The maximum absolute atomic E-state index is 13.1. The van der Waals surface area contributed by atoms with E-state index >= 15 is 0 Å². The molecule has 1 saturated heterocycles. The maximum atomic E-state index is 13.1. The van der Waals surface area contributed by atoms with Crippen molar-refractivity contribution in [3.05, 3.63) is 63.2 Å². The monoisotopic (exact) mass is 431 g/mol. The van der Waals surface area contributed by atoms with Gasteiger partial charge in [-0.25, -0.2) is 8.42 Å². The number of hydrogen-bond acceptors (Lipinski definition) is 5. The zero-order valence-corrected chi connectivity index (χ0v) is 18.0. The fraction of sp³-hybridized carbons (Fsp3) is 0.381. The van der Waals surface area contributed by atoms with Gasteiger partial charge in [0.25, 0.3) is 11.6 Å². The van der Waals surface area contributed by atoms with Gasteiger partial charge in [0.05, 0.1) is 15.5 Å². The minimum atomic E-state index is -3.72. The Kier molecular flexibility index (Phi) is 6.23. The number of non-ortho nitro benzene ring substituents is 1. The van der Waals surface area contributed by atoms with Gasteiger partial charge in [-0.2, -0.15) is 4.31 Å². The fourth-order valence-corrected chi connectivity index (χ4v) is 5.34. The molecule has 9 heteroatoms. The van der Waals surface area contributed by atoms with Gasteiger partial charge in [0.1, 0.15) is 0 Å². The molecule has 8 nitrogen and oxygen atoms in total. The number of nitro benzene ring substituents is 1. The highest BCUT2D eigenvalue weighted by molar-refractivity contribution is 7.89. The Bertz CT molecular complexity index is 1100. The first-order valence-corrected chi connectivity index (χ1v) is 11.2. The molecular weight excluding hydrogens is 406 g/mol. The Morgan fingerprint density at radius 1 is 1.13 bits per heavy atom. The Hall–Kier alpha value is -2.78. The summed E-state index contributed by atoms with van der Waals surface area (Å²) in [5.41, 5.74) is 1.67. The Labute approximate surface area is 176 Å². The molecule has 0 saturated carbocycles. The Morgan fingerprint density at radius 3 is 2.50 bits per heavy atom. The minimum Gasteiger partial charge on any atom is -0.321 e. The number of nitrogens with zero attached hydrogens (tertiary/aromatic N) is 2. The predicted octanol–water partition coefficient (Wildman–Crippen LogP) is 4.03. The lowest BCUT2D eigenvalue weighted by Gasteiger charge is -2.32. The van der Waals surface area contributed by atoms with E-state index in [0.29, 0.717) is 23.4 Å². The third-order valence-electron chi connectivity index (χ3n) is 5.48. The first-order chi connectivity index (χ1) is 14.1. The molecule has 160 valence electrons. The molecule has 1 fully saturated rings. The molecule has 0 aromatic heterocycles. The summed E-state index contributed by atoms with van der Waals surface area (Å²) in [6.45, 7) is 5.80. The number of hydrogen-bond donors (Lipinski definition) is 1. The zero-order valence-electron chi connectivity index (χ0n) is 17.2. The molecule has 1 amide bonds. The number of nitrogens with one attached hydrogen (secondary N) is 1. The van der Waals surface area contributed by atoms with E-state index < -0.39 is 20.9 Å². The van der Waals surface area contributed by atoms with Crippen LogP contribution in [-0.2, 0) is 10.0 Å². The van der Waals surface area contributed by atoms with Gasteiger partial charge in [-0.3, -0.25) is 14.9 Å². The lowest BCUT2D eigenvalue weighted by atomic mass is 10.1. The van der Waals surface area contributed by atoms with Crippen LogP contribution in [0.5, 0.6) is 0 Å². The van der Waals surface area contributed by atoms with Gasteiger partial charge in [0.2, 0.25) is 10.0 Å². The van der Waals surface area contributed by atoms with E-state index in [2.05, 4.69) is 5.32 Å². The van der Waals surface area contributed by atoms with E-state index in [1.165, 1.54) is 28.6 Å². The summed E-state index contributed by atoms with van der Waals surface area (Å²) in [6, 6.07) is 8.63. The number of piperidine rings is 1. The largest absolute Gasteiger partial charge is 0.321 e. The van der Waals surface area contributed by atoms with Crippen LogP contribution in [0.1, 0.15) is 47.7 Å². The topological polar surface area (TPSA) is 110 Å². The van der Waals surface area contributed by atoms with Crippen LogP contribution in [0, 0.1) is 24.0 Å². The van der Waals surface area contributed by atoms with Crippen molar-refractivity contribution in [1.29, 1.82) is 0 Å². The number of carbonyl (C=O) groups is 1. The summed E-state index contributed by atoms with van der Waals surface area (Å²) in [5, 5.41) is 13.7. The van der Waals surface area contributed by atoms with Crippen molar-refractivity contribution in [1.82, 2.24) is 4.31 Å². The fourth-order valence-electron chi connectivity index (χ4n) is 3.62. The average Bonchev–Trinajstić information content (AvgIpc) is 2.69. The van der Waals surface area contributed by atoms with Crippen LogP contribution in [0.15, 0.2) is 41.3 Å². The summed E-state index contributed by atoms with van der Waals surface area (Å²) in [7, 11) is -3.72. The van der Waals surface area contributed by atoms with Crippen molar-refractivity contribution in [3.8, 4) is 0 Å². The zero-order chi connectivity index (χ0) is 22.1. The second-order valence-electron chi connectivity index (χ2n) is 7.65. The lowest BCUT2D eigenvalue weighted by molar-refractivity contribution is -0.384. The van der Waals surface area contributed by atoms with Crippen LogP contribution in [0.25, 0.3) is 0 Å². The van der Waals surface area contributed by atoms with E-state index in [9.17, 15) is 23.3 Å². The summed E-state index contributed by atoms with van der Waals surface area (Å²) < 4.78 is 27.8. The normalized spacial score (nSPS) is 17.5. The molecule has 1 N–H and O–H groups in total. The second kappa shape index (κ2) is 8.53. The number of sulfonamides is 1. The van der Waals surface area contributed by atoms with E-state index in [-0.39, 0.29) is 22.2 Å². The van der Waals surface area contributed by atoms with Gasteiger partial charge in [-0.05, 0) is 56.9 Å². The maximum Gasteiger partial charge on any atom is 0.271 e. The molecule has 2 aromatic rings. The van der Waals surface area contributed by atoms with Crippen molar-refractivity contribution in [3.63, 3.8) is 0 Å². The van der Waals surface area contributed by atoms with Crippen molar-refractivity contribution in [2.75, 3.05) is 11.9 Å². The van der Waals surface area contributed by atoms with Crippen LogP contribution in [0.3, 0.4) is 0 Å². The highest BCUT2D eigenvalue weighted by atomic mass is 32.2. The average molecular weight is 432 g/mol. The standard InChI is InChI=1S/C21H25N3O5S/c1-14-8-10-18(30(28,29)23-11-5-4-6-16(23)3)13-19(14)21(25)22-20-12-17(24(26)27)9-7-15(20)2/h7-10,12-13,16H,4-6,11H2,1-3H3,(H,22,25). The van der Waals surface area contributed by atoms with Crippen LogP contribution in [0.2, 0.25) is 0 Å². The predicted molar refractivity (Wildman–Crippen MR) is 114 cm³/mol. The summed E-state index contributed by atoms with van der Waals surface area (Å²) in [4.78, 5) is 23.5. The number of aryl methyl sites for hydroxylation is 2. The summed E-state index contributed by atoms with van der Waals surface area (Å²) in [5.74, 6) is -0.514. The molecule has 1 aliphatic rings. The van der Waals surface area contributed by atoms with Gasteiger partial charge >= 0.3 is 0 Å². The van der Waals surface area contributed by atoms with Gasteiger partial charge in [-0.15, -0.1) is 0 Å². The number of rotatable bonds is 5. The molecule has 2 aromatic carbocycles. The molecule has 1 unspecified atom stereocenters. The van der Waals surface area contributed by atoms with Crippen molar-refractivity contribution in [2.45, 2.75) is 51.0 Å². The SMILES string of the molecule is Cc1ccc([N+](=O)[O-])cc1NC(=O)c1cc(S(=O)(=O)N2CCCCC2C)ccc1C. The number of carbonyl (C=O) groups excluding carboxylic acids is 1. The third-order valence-corrected chi connectivity index (χ3v) is 7.49. The molecular formula is C21H25N3O5S. The number of nitro groups is 1. The van der Waals surface area contributed by atoms with Gasteiger partial charge in [0, 0.05) is 30.3 Å². The van der Waals surface area contributed by atoms with E-state index in [4.69, 9.17) is 0 Å². The smallest absolute Gasteiger partial charge is 0.271 e. The molecule has 0 spiro atoms. The first kappa shape index (κ1) is 21.9. The number of anilines is 1. The highest BCUT2D eigenvalue weighted by Crippen LogP contribution is 2.27. The summed E-state index contributed by atoms with van der Waals surface area (Å²) in [6.07, 6.45) is 2.62. The molecule has 30 heavy (non-hydrogen) atoms. The Morgan fingerprint density at radius 2 is 1.83 bits per heavy atom. The molecule has 3 rings (SSSR count). The van der Waals surface area contributed by atoms with Crippen molar-refractivity contribution >= 4 is 27.3 Å². The summed E-state index contributed by atoms with van der Waals surface area (Å²) >= 11 is 0. The molecule has 0 aliphatic carbocycles. The number of benzene rings is 2. The molecule has 1 aliphatic heterocycles. The highest BCUT2D eigenvalue weighted by Gasteiger charge is 2.31. The third kappa shape index (κ3) is 4.36. The second-order valence-corrected chi connectivity index (χ2v) is 9.54. The van der Waals surface area contributed by atoms with Crippen molar-refractivity contribution in [2.24, 2.45) is 0 Å². The molecule has 1 atom stereocenters. The number of amides is 1. The van der Waals surface area contributed by atoms with E-state index in [1.807, 2.05) is 6.92 Å². The molecule has 1 heterocycles. The van der Waals surface area contributed by atoms with Crippen LogP contribution >= 0.6 is 0 Å². The molecule has 0 bridgehead atoms. The van der Waals surface area contributed by atoms with Gasteiger partial charge in [-0.1, -0.05) is 18.6 Å². The van der Waals surface area contributed by atoms with Gasteiger partial charge in [0.15, 0.2) is 0 Å². The van der Waals surface area contributed by atoms with E-state index in [0.717, 1.165) is 19.3 Å². The quantitative estimate of drug-likeness (QED) is 0.568. The first-order valence-electron chi connectivity index (χ1n) is 9.80.